The second-order valence-electron chi connectivity index (χ2n) is 47.3. The zero-order valence-corrected chi connectivity index (χ0v) is 105. The summed E-state index contributed by atoms with van der Waals surface area (Å²) in [5.41, 5.74) is 19.8. The summed E-state index contributed by atoms with van der Waals surface area (Å²) in [4.78, 5) is 0. The molecule has 12 heteroatoms. The standard InChI is InChI=1S/4C25H46P2.4C6H6.4Pt/c4*1-5-13-22(14-6-1)26(23-15-7-2-8-16-23)21-27(24-17-9-3-10-18-24)25-19-11-4-12-20-25;4*1-2-4-6-5-3-1;;;;/h4*22-25H,1-21H2;4*1-6H;;;;/p+8. The van der Waals surface area contributed by atoms with Crippen molar-refractivity contribution in [3.63, 3.8) is 0 Å². The van der Waals surface area contributed by atoms with Crippen LogP contribution in [0.25, 0.3) is 0 Å². The third-order valence-electron chi connectivity index (χ3n) is 38.4. The molecule has 16 saturated carbocycles. The van der Waals surface area contributed by atoms with Gasteiger partial charge in [-0.25, -0.2) is 0 Å². The Bertz CT molecular complexity index is 2430. The second kappa shape index (κ2) is 77.4. The third-order valence-corrected chi connectivity index (χ3v) is 77.5. The molecule has 0 aliphatic heterocycles. The van der Waals surface area contributed by atoms with Crippen LogP contribution < -0.4 is 0 Å². The van der Waals surface area contributed by atoms with Crippen molar-refractivity contribution in [1.82, 2.24) is 0 Å². The van der Waals surface area contributed by atoms with Crippen LogP contribution in [0.1, 0.15) is 514 Å². The molecule has 0 amide bonds. The van der Waals surface area contributed by atoms with E-state index >= 15 is 0 Å². The van der Waals surface area contributed by atoms with E-state index in [4.69, 9.17) is 0 Å². The van der Waals surface area contributed by atoms with Gasteiger partial charge in [-0.05, 0) is 411 Å². The van der Waals surface area contributed by atoms with Gasteiger partial charge in [0.2, 0.25) is 0 Å². The summed E-state index contributed by atoms with van der Waals surface area (Å²) in [5.74, 6) is 7.44. The average Bonchev–Trinajstić information content (AvgIpc) is 0.824. The molecule has 0 nitrogen and oxygen atoms in total. The van der Waals surface area contributed by atoms with Gasteiger partial charge in [-0.1, -0.05) is 248 Å². The van der Waals surface area contributed by atoms with Gasteiger partial charge in [0.15, 0.2) is 23.6 Å². The van der Waals surface area contributed by atoms with E-state index < -0.39 is 0 Å². The normalized spacial score (nSPS) is 23.8. The van der Waals surface area contributed by atoms with Crippen molar-refractivity contribution in [2.24, 2.45) is 0 Å². The van der Waals surface area contributed by atoms with Gasteiger partial charge in [0, 0.05) is 148 Å². The number of benzene rings is 4. The quantitative estimate of drug-likeness (QED) is 0.0614. The largest absolute Gasteiger partial charge is 0.156 e. The maximum absolute atomic E-state index is 2.00. The van der Waals surface area contributed by atoms with Gasteiger partial charge in [0.25, 0.3) is 0 Å². The van der Waals surface area contributed by atoms with Crippen LogP contribution in [0.2, 0.25) is 0 Å². The molecule has 16 aliphatic carbocycles. The molecule has 20 rings (SSSR count). The predicted molar refractivity (Wildman–Crippen MR) is 622 cm³/mol. The van der Waals surface area contributed by atoms with Gasteiger partial charge in [-0.3, -0.25) is 0 Å². The van der Waals surface area contributed by atoms with Crippen molar-refractivity contribution < 1.29 is 84.3 Å². The number of hydrogen-bond acceptors (Lipinski definition) is 0. The van der Waals surface area contributed by atoms with Gasteiger partial charge in [0.1, 0.15) is 0 Å². The van der Waals surface area contributed by atoms with Crippen LogP contribution in [0.3, 0.4) is 0 Å². The molecule has 136 heavy (non-hydrogen) atoms. The smallest absolute Gasteiger partial charge is 0.0623 e. The molecule has 0 radical (unpaired) electrons. The Morgan fingerprint density at radius 3 is 0.191 bits per heavy atom. The molecular weight excluding hydrogens is 2520 g/mol. The van der Waals surface area contributed by atoms with E-state index in [9.17, 15) is 0 Å². The molecular formula is C124H216P8Pt4+8. The minimum absolute atomic E-state index is 0. The predicted octanol–water partition coefficient (Wildman–Crippen LogP) is 41.5. The first-order chi connectivity index (χ1) is 65.7. The minimum Gasteiger partial charge on any atom is -0.0623 e. The first kappa shape index (κ1) is 123. The van der Waals surface area contributed by atoms with Gasteiger partial charge in [-0.2, -0.15) is 0 Å². The minimum atomic E-state index is -0.0959. The van der Waals surface area contributed by atoms with E-state index in [0.717, 1.165) is 0 Å². The van der Waals surface area contributed by atoms with Gasteiger partial charge >= 0.3 is 0 Å². The monoisotopic (exact) mass is 2730 g/mol. The molecule has 0 atom stereocenters. The first-order valence-corrected chi connectivity index (χ1v) is 75.4. The van der Waals surface area contributed by atoms with Crippen molar-refractivity contribution in [2.75, 3.05) is 23.6 Å². The Morgan fingerprint density at radius 2 is 0.140 bits per heavy atom. The Morgan fingerprint density at radius 1 is 0.0882 bits per heavy atom. The van der Waals surface area contributed by atoms with Crippen molar-refractivity contribution in [2.45, 2.75) is 604 Å². The van der Waals surface area contributed by atoms with Crippen molar-refractivity contribution in [3.05, 3.63) is 146 Å². The molecule has 16 fully saturated rings. The molecule has 784 valence electrons. The van der Waals surface area contributed by atoms with Crippen LogP contribution in [0.4, 0.5) is 0 Å². The maximum Gasteiger partial charge on any atom is 0.156 e. The third kappa shape index (κ3) is 45.9. The fourth-order valence-corrected chi connectivity index (χ4v) is 80.8. The Hall–Kier alpha value is 3.07. The summed E-state index contributed by atoms with van der Waals surface area (Å²) < 4.78 is 0. The van der Waals surface area contributed by atoms with E-state index in [1.54, 1.807) is 514 Å². The number of rotatable bonds is 24. The second-order valence-corrected chi connectivity index (χ2v) is 75.2. The van der Waals surface area contributed by atoms with Gasteiger partial charge < -0.3 is 0 Å². The van der Waals surface area contributed by atoms with E-state index in [2.05, 4.69) is 0 Å². The van der Waals surface area contributed by atoms with Crippen molar-refractivity contribution in [3.8, 4) is 0 Å². The van der Waals surface area contributed by atoms with Crippen LogP contribution in [0.15, 0.2) is 146 Å². The van der Waals surface area contributed by atoms with Crippen LogP contribution in [-0.4, -0.2) is 114 Å². The summed E-state index contributed by atoms with van der Waals surface area (Å²) in [6.45, 7) is 0. The van der Waals surface area contributed by atoms with E-state index in [-0.39, 0.29) is 148 Å². The molecule has 4 aromatic carbocycles. The zero-order chi connectivity index (χ0) is 90.2. The molecule has 4 aromatic rings. The number of hydrogen-bond donors (Lipinski definition) is 0. The van der Waals surface area contributed by atoms with E-state index in [0.29, 0.717) is 0 Å². The van der Waals surface area contributed by atoms with Crippen LogP contribution >= 0.6 is 63.4 Å². The van der Waals surface area contributed by atoms with Gasteiger partial charge in [0.05, 0.1) is 90.5 Å². The zero-order valence-electron chi connectivity index (χ0n) is 87.8. The Kier molecular flexibility index (Phi) is 69.8. The van der Waals surface area contributed by atoms with Crippen molar-refractivity contribution >= 4 is 63.4 Å². The summed E-state index contributed by atoms with van der Waals surface area (Å²) in [5, 5.41) is 0. The molecule has 0 spiro atoms. The van der Waals surface area contributed by atoms with Crippen molar-refractivity contribution in [1.29, 1.82) is 0 Å². The molecule has 0 N–H and O–H groups in total. The van der Waals surface area contributed by atoms with E-state index in [1.165, 1.54) is 90.5 Å². The SMILES string of the molecule is C1CCC([PH+](C[PH+](C2CCCCC2)C2CCCCC2)C2CCCCC2)CC1.C1CCC([PH+](C[PH+](C2CCCCC2)C2CCCCC2)C2CCCCC2)CC1.C1CCC([PH+](C[PH+](C2CCCCC2)C2CCCCC2)C2CCCCC2)CC1.C1CCC([PH+](C[PH+](C2CCCCC2)C2CCCCC2)C2CCCCC2)CC1.[Pt].[Pt].[Pt].[Pt].c1ccccc1.c1ccccc1.c1ccccc1.c1ccccc1. The van der Waals surface area contributed by atoms with Crippen LogP contribution in [-0.2, 0) is 84.3 Å². The topological polar surface area (TPSA) is 0 Å². The molecule has 0 heterocycles. The van der Waals surface area contributed by atoms with Crippen LogP contribution in [0, 0.1) is 0 Å². The fraction of sp³-hybridized carbons (Fsp3) is 0.806. The Labute approximate surface area is 912 Å². The molecule has 16 aliphatic rings. The van der Waals surface area contributed by atoms with Crippen LogP contribution in [0.5, 0.6) is 0 Å². The summed E-state index contributed by atoms with van der Waals surface area (Å²) in [6, 6.07) is 48.0. The molecule has 0 unspecified atom stereocenters. The molecule has 0 aromatic heterocycles. The average molecular weight is 2740 g/mol. The van der Waals surface area contributed by atoms with Gasteiger partial charge in [-0.15, -0.1) is 0 Å². The van der Waals surface area contributed by atoms with E-state index in [1.807, 2.05) is 169 Å². The Balaban J connectivity index is 0.000000185. The first-order valence-electron chi connectivity index (χ1n) is 60.5. The summed E-state index contributed by atoms with van der Waals surface area (Å²) in [7, 11) is -0.767. The maximum atomic E-state index is 2.00. The molecule has 0 bridgehead atoms. The fourth-order valence-electron chi connectivity index (χ4n) is 31.0. The summed E-state index contributed by atoms with van der Waals surface area (Å²) in [6.07, 6.45) is 128. The molecule has 0 saturated heterocycles. The summed E-state index contributed by atoms with van der Waals surface area (Å²) >= 11 is 0.